The van der Waals surface area contributed by atoms with E-state index in [1.165, 1.54) is 18.6 Å². The lowest BCUT2D eigenvalue weighted by Gasteiger charge is -2.31. The largest absolute Gasteiger partial charge is 0.416 e. The number of hydrogen-bond acceptors (Lipinski definition) is 4. The number of ether oxygens (including phenoxy) is 1. The summed E-state index contributed by atoms with van der Waals surface area (Å²) in [6.45, 7) is 4.57. The summed E-state index contributed by atoms with van der Waals surface area (Å²) in [7, 11) is 1.61. The van der Waals surface area contributed by atoms with Crippen molar-refractivity contribution in [3.05, 3.63) is 29.8 Å². The van der Waals surface area contributed by atoms with Crippen LogP contribution in [-0.4, -0.2) is 62.8 Å². The lowest BCUT2D eigenvalue weighted by Crippen LogP contribution is -2.38. The second kappa shape index (κ2) is 10.6. The third kappa shape index (κ3) is 6.21. The highest BCUT2D eigenvalue weighted by molar-refractivity contribution is 5.76. The Morgan fingerprint density at radius 2 is 1.82 bits per heavy atom. The average Bonchev–Trinajstić information content (AvgIpc) is 3.37. The number of alkyl halides is 3. The van der Waals surface area contributed by atoms with Gasteiger partial charge in [0.1, 0.15) is 0 Å². The highest BCUT2D eigenvalue weighted by Crippen LogP contribution is 2.37. The molecule has 2 aliphatic heterocycles. The molecule has 2 saturated heterocycles. The number of carbonyl (C=O) groups excluding carboxylic acids is 1. The molecule has 0 aromatic heterocycles. The molecule has 2 heterocycles. The minimum atomic E-state index is -4.29. The van der Waals surface area contributed by atoms with Crippen LogP contribution < -0.4 is 10.2 Å². The number of anilines is 1. The molecule has 8 heteroatoms. The first-order valence-corrected chi connectivity index (χ1v) is 12.3. The number of fused-ring (bicyclic) bond motifs is 1. The molecule has 1 aromatic carbocycles. The third-order valence-corrected chi connectivity index (χ3v) is 7.75. The van der Waals surface area contributed by atoms with Crippen molar-refractivity contribution < 1.29 is 22.7 Å². The Kier molecular flexibility index (Phi) is 7.84. The van der Waals surface area contributed by atoms with E-state index in [1.807, 2.05) is 0 Å². The molecule has 3 fully saturated rings. The fourth-order valence-corrected chi connectivity index (χ4v) is 5.85. The van der Waals surface area contributed by atoms with Crippen molar-refractivity contribution in [2.75, 3.05) is 44.8 Å². The molecule has 33 heavy (non-hydrogen) atoms. The first kappa shape index (κ1) is 24.3. The Morgan fingerprint density at radius 1 is 1.09 bits per heavy atom. The van der Waals surface area contributed by atoms with E-state index in [-0.39, 0.29) is 5.91 Å². The number of hydrogen-bond donors (Lipinski definition) is 1. The predicted octanol–water partition coefficient (Wildman–Crippen LogP) is 4.32. The molecule has 5 nitrogen and oxygen atoms in total. The number of likely N-dealkylation sites (tertiary alicyclic amines) is 1. The number of methoxy groups -OCH3 is 1. The Hall–Kier alpha value is -1.80. The first-order valence-electron chi connectivity index (χ1n) is 12.3. The van der Waals surface area contributed by atoms with Gasteiger partial charge >= 0.3 is 6.18 Å². The van der Waals surface area contributed by atoms with E-state index in [2.05, 4.69) is 15.1 Å². The molecule has 184 valence electrons. The van der Waals surface area contributed by atoms with Gasteiger partial charge in [-0.05, 0) is 81.2 Å². The topological polar surface area (TPSA) is 44.8 Å². The van der Waals surface area contributed by atoms with Crippen LogP contribution in [0, 0.1) is 11.8 Å². The van der Waals surface area contributed by atoms with E-state index in [0.29, 0.717) is 36.9 Å². The highest BCUT2D eigenvalue weighted by Gasteiger charge is 2.41. The Labute approximate surface area is 194 Å². The lowest BCUT2D eigenvalue weighted by molar-refractivity contribution is -0.137. The molecule has 4 rings (SSSR count). The quantitative estimate of drug-likeness (QED) is 0.619. The van der Waals surface area contributed by atoms with Crippen LogP contribution in [0.3, 0.4) is 0 Å². The summed E-state index contributed by atoms with van der Waals surface area (Å²) < 4.78 is 43.6. The van der Waals surface area contributed by atoms with Crippen LogP contribution in [-0.2, 0) is 15.7 Å². The molecule has 1 amide bonds. The molecule has 3 aliphatic rings. The molecule has 1 saturated carbocycles. The number of carbonyl (C=O) groups is 1. The Morgan fingerprint density at radius 3 is 2.48 bits per heavy atom. The monoisotopic (exact) mass is 467 g/mol. The SMILES string of the molecule is COCCC(=O)NC1CCC(CCN2C[C@H]3CCN(c4ccc(C(F)(F)F)cc4)[C@H]3C2)CC1. The molecule has 1 aliphatic carbocycles. The number of nitrogens with one attached hydrogen (secondary N) is 1. The average molecular weight is 468 g/mol. The van der Waals surface area contributed by atoms with Crippen molar-refractivity contribution >= 4 is 11.6 Å². The van der Waals surface area contributed by atoms with E-state index in [9.17, 15) is 18.0 Å². The van der Waals surface area contributed by atoms with E-state index in [4.69, 9.17) is 4.74 Å². The van der Waals surface area contributed by atoms with Crippen LogP contribution in [0.15, 0.2) is 24.3 Å². The van der Waals surface area contributed by atoms with Crippen LogP contribution in [0.5, 0.6) is 0 Å². The van der Waals surface area contributed by atoms with Gasteiger partial charge in [0.25, 0.3) is 0 Å². The van der Waals surface area contributed by atoms with Gasteiger partial charge in [-0.1, -0.05) is 0 Å². The van der Waals surface area contributed by atoms with Crippen LogP contribution >= 0.6 is 0 Å². The highest BCUT2D eigenvalue weighted by atomic mass is 19.4. The number of halogens is 3. The Balaban J connectivity index is 1.20. The standard InChI is InChI=1S/C25H36F3N3O2/c1-33-15-12-24(32)29-21-6-2-18(3-7-21)10-13-30-16-19-11-14-31(23(19)17-30)22-8-4-20(5-9-22)25(26,27)28/h4-5,8-9,18-19,21,23H,2-3,6-7,10-17H2,1H3,(H,29,32)/t18?,19-,21?,23+/m1/s1. The van der Waals surface area contributed by atoms with Gasteiger partial charge in [-0.15, -0.1) is 0 Å². The molecule has 1 aromatic rings. The summed E-state index contributed by atoms with van der Waals surface area (Å²) in [5, 5.41) is 3.13. The second-order valence-electron chi connectivity index (χ2n) is 9.93. The van der Waals surface area contributed by atoms with Crippen LogP contribution in [0.4, 0.5) is 18.9 Å². The molecule has 2 atom stereocenters. The normalized spacial score (nSPS) is 28.2. The number of nitrogens with zero attached hydrogens (tertiary/aromatic N) is 2. The van der Waals surface area contributed by atoms with Gasteiger partial charge in [0.15, 0.2) is 0 Å². The summed E-state index contributed by atoms with van der Waals surface area (Å²) in [5.41, 5.74) is 0.322. The Bertz CT molecular complexity index is 778. The van der Waals surface area contributed by atoms with Gasteiger partial charge in [0.2, 0.25) is 5.91 Å². The first-order chi connectivity index (χ1) is 15.8. The van der Waals surface area contributed by atoms with Crippen molar-refractivity contribution in [2.45, 2.75) is 63.2 Å². The van der Waals surface area contributed by atoms with E-state index in [1.54, 1.807) is 19.2 Å². The lowest BCUT2D eigenvalue weighted by atomic mass is 9.84. The summed E-state index contributed by atoms with van der Waals surface area (Å²) >= 11 is 0. The molecule has 0 unspecified atom stereocenters. The number of rotatable bonds is 8. The molecule has 0 spiro atoms. The van der Waals surface area contributed by atoms with Crippen molar-refractivity contribution in [1.82, 2.24) is 10.2 Å². The maximum Gasteiger partial charge on any atom is 0.416 e. The predicted molar refractivity (Wildman–Crippen MR) is 122 cm³/mol. The number of amides is 1. The molecule has 1 N–H and O–H groups in total. The fraction of sp³-hybridized carbons (Fsp3) is 0.720. The fourth-order valence-electron chi connectivity index (χ4n) is 5.85. The summed E-state index contributed by atoms with van der Waals surface area (Å²) in [4.78, 5) is 16.7. The van der Waals surface area contributed by atoms with Gasteiger partial charge < -0.3 is 19.9 Å². The summed E-state index contributed by atoms with van der Waals surface area (Å²) in [6, 6.07) is 6.35. The summed E-state index contributed by atoms with van der Waals surface area (Å²) in [5.74, 6) is 1.40. The van der Waals surface area contributed by atoms with Gasteiger partial charge in [0.05, 0.1) is 12.2 Å². The van der Waals surface area contributed by atoms with Gasteiger partial charge in [-0.2, -0.15) is 13.2 Å². The van der Waals surface area contributed by atoms with Crippen molar-refractivity contribution in [3.63, 3.8) is 0 Å². The van der Waals surface area contributed by atoms with Gasteiger partial charge in [-0.25, -0.2) is 0 Å². The smallest absolute Gasteiger partial charge is 0.384 e. The van der Waals surface area contributed by atoms with Crippen LogP contribution in [0.2, 0.25) is 0 Å². The van der Waals surface area contributed by atoms with Crippen LogP contribution in [0.1, 0.15) is 50.5 Å². The molecular weight excluding hydrogens is 431 g/mol. The van der Waals surface area contributed by atoms with Gasteiger partial charge in [0, 0.05) is 50.9 Å². The third-order valence-electron chi connectivity index (χ3n) is 7.75. The van der Waals surface area contributed by atoms with Crippen molar-refractivity contribution in [3.8, 4) is 0 Å². The molecule has 0 bridgehead atoms. The minimum Gasteiger partial charge on any atom is -0.384 e. The van der Waals surface area contributed by atoms with Gasteiger partial charge in [-0.3, -0.25) is 4.79 Å². The maximum absolute atomic E-state index is 12.9. The van der Waals surface area contributed by atoms with Crippen molar-refractivity contribution in [2.24, 2.45) is 11.8 Å². The zero-order valence-electron chi connectivity index (χ0n) is 19.4. The minimum absolute atomic E-state index is 0.0847. The second-order valence-corrected chi connectivity index (χ2v) is 9.93. The van der Waals surface area contributed by atoms with E-state index in [0.717, 1.165) is 64.0 Å². The zero-order chi connectivity index (χ0) is 23.4. The summed E-state index contributed by atoms with van der Waals surface area (Å²) in [6.07, 6.45) is 2.86. The van der Waals surface area contributed by atoms with E-state index < -0.39 is 11.7 Å². The zero-order valence-corrected chi connectivity index (χ0v) is 19.4. The maximum atomic E-state index is 12.9. The van der Waals surface area contributed by atoms with Crippen LogP contribution in [0.25, 0.3) is 0 Å². The van der Waals surface area contributed by atoms with E-state index >= 15 is 0 Å². The number of benzene rings is 1. The molecule has 0 radical (unpaired) electrons. The molecular formula is C25H36F3N3O2. The van der Waals surface area contributed by atoms with Crippen molar-refractivity contribution in [1.29, 1.82) is 0 Å².